The number of nitrogens with zero attached hydrogens (tertiary/aromatic N) is 6. The Labute approximate surface area is 207 Å². The van der Waals surface area contributed by atoms with Crippen LogP contribution in [-0.4, -0.2) is 76.2 Å². The zero-order chi connectivity index (χ0) is 25.8. The molecule has 1 N–H and O–H groups in total. The smallest absolute Gasteiger partial charge is 0.351 e. The Balaban J connectivity index is 1.48. The number of hydrogen-bond acceptors (Lipinski definition) is 7. The van der Waals surface area contributed by atoms with Crippen molar-refractivity contribution in [3.05, 3.63) is 42.4 Å². The molecule has 0 amide bonds. The first-order valence-electron chi connectivity index (χ1n) is 11.8. The number of aromatic nitrogens is 4. The molecule has 0 bridgehead atoms. The molecule has 2 fully saturated rings. The van der Waals surface area contributed by atoms with Gasteiger partial charge in [0.1, 0.15) is 17.2 Å². The number of halogens is 3. The lowest BCUT2D eigenvalue weighted by molar-refractivity contribution is -0.137. The van der Waals surface area contributed by atoms with Gasteiger partial charge in [-0.2, -0.15) is 13.2 Å². The molecule has 194 valence electrons. The van der Waals surface area contributed by atoms with Crippen LogP contribution in [0.4, 0.5) is 19.0 Å². The number of hydrogen-bond donors (Lipinski definition) is 1. The molecule has 3 aromatic heterocycles. The number of piperazine rings is 1. The zero-order valence-corrected chi connectivity index (χ0v) is 21.0. The summed E-state index contributed by atoms with van der Waals surface area (Å²) < 4.78 is 67.9. The van der Waals surface area contributed by atoms with Crippen LogP contribution in [0.1, 0.15) is 32.3 Å². The minimum absolute atomic E-state index is 0.0784. The Bertz CT molecular complexity index is 1370. The lowest BCUT2D eigenvalue weighted by Gasteiger charge is -2.49. The van der Waals surface area contributed by atoms with Crippen LogP contribution in [0.5, 0.6) is 0 Å². The van der Waals surface area contributed by atoms with E-state index < -0.39 is 21.8 Å². The number of anilines is 1. The van der Waals surface area contributed by atoms with Crippen LogP contribution in [0.2, 0.25) is 0 Å². The van der Waals surface area contributed by atoms with E-state index in [0.29, 0.717) is 29.7 Å². The number of rotatable bonds is 6. The van der Waals surface area contributed by atoms with Gasteiger partial charge in [-0.05, 0) is 44.9 Å². The maximum Gasteiger partial charge on any atom is 0.417 e. The summed E-state index contributed by atoms with van der Waals surface area (Å²) in [4.78, 5) is 17.7. The van der Waals surface area contributed by atoms with E-state index in [1.807, 2.05) is 13.8 Å². The average Bonchev–Trinajstić information content (AvgIpc) is 3.55. The van der Waals surface area contributed by atoms with E-state index in [1.54, 1.807) is 12.3 Å². The SMILES string of the molecule is C[C@H](NS(C)(=O)=O)[C@@H]1[C@H](C)N(c2ccnc(-c3cnc4ccc(C(F)(F)F)cn34)n2)CCN1C1CC1. The Kier molecular flexibility index (Phi) is 6.20. The summed E-state index contributed by atoms with van der Waals surface area (Å²) in [6, 6.07) is 4.05. The van der Waals surface area contributed by atoms with Crippen molar-refractivity contribution in [2.45, 2.75) is 57.0 Å². The van der Waals surface area contributed by atoms with E-state index in [1.165, 1.54) is 16.7 Å². The lowest BCUT2D eigenvalue weighted by Crippen LogP contribution is -2.65. The van der Waals surface area contributed by atoms with E-state index >= 15 is 0 Å². The second-order valence-corrected chi connectivity index (χ2v) is 11.4. The van der Waals surface area contributed by atoms with Gasteiger partial charge >= 0.3 is 6.18 Å². The van der Waals surface area contributed by atoms with Crippen LogP contribution >= 0.6 is 0 Å². The molecule has 0 radical (unpaired) electrons. The first kappa shape index (κ1) is 24.9. The number of imidazole rings is 1. The van der Waals surface area contributed by atoms with Crippen molar-refractivity contribution < 1.29 is 21.6 Å². The summed E-state index contributed by atoms with van der Waals surface area (Å²) in [5, 5.41) is 0. The highest BCUT2D eigenvalue weighted by Crippen LogP contribution is 2.35. The van der Waals surface area contributed by atoms with E-state index in [0.717, 1.165) is 37.9 Å². The van der Waals surface area contributed by atoms with Crippen molar-refractivity contribution in [1.29, 1.82) is 0 Å². The van der Waals surface area contributed by atoms with Crippen molar-refractivity contribution in [2.75, 3.05) is 24.2 Å². The van der Waals surface area contributed by atoms with Crippen molar-refractivity contribution in [3.63, 3.8) is 0 Å². The fourth-order valence-corrected chi connectivity index (χ4v) is 6.07. The van der Waals surface area contributed by atoms with Crippen LogP contribution in [0.3, 0.4) is 0 Å². The molecule has 13 heteroatoms. The van der Waals surface area contributed by atoms with Crippen molar-refractivity contribution in [1.82, 2.24) is 29.0 Å². The fourth-order valence-electron chi connectivity index (χ4n) is 5.25. The van der Waals surface area contributed by atoms with Gasteiger partial charge in [-0.25, -0.2) is 28.1 Å². The van der Waals surface area contributed by atoms with E-state index in [-0.39, 0.29) is 23.9 Å². The zero-order valence-electron chi connectivity index (χ0n) is 20.1. The third-order valence-corrected chi connectivity index (χ3v) is 7.69. The molecule has 1 aliphatic heterocycles. The summed E-state index contributed by atoms with van der Waals surface area (Å²) in [6.07, 6.45) is 2.91. The maximum absolute atomic E-state index is 13.3. The van der Waals surface area contributed by atoms with E-state index in [4.69, 9.17) is 4.98 Å². The molecule has 0 aromatic carbocycles. The van der Waals surface area contributed by atoms with Gasteiger partial charge in [0.15, 0.2) is 5.82 Å². The summed E-state index contributed by atoms with van der Waals surface area (Å²) in [6.45, 7) is 5.36. The van der Waals surface area contributed by atoms with Gasteiger partial charge in [-0.3, -0.25) is 9.30 Å². The van der Waals surface area contributed by atoms with Crippen molar-refractivity contribution >= 4 is 21.5 Å². The topological polar surface area (TPSA) is 95.7 Å². The van der Waals surface area contributed by atoms with Crippen LogP contribution in [0.25, 0.3) is 17.2 Å². The van der Waals surface area contributed by atoms with Crippen LogP contribution in [0.15, 0.2) is 36.8 Å². The molecule has 2 aliphatic rings. The minimum atomic E-state index is -4.49. The number of pyridine rings is 1. The molecule has 36 heavy (non-hydrogen) atoms. The highest BCUT2D eigenvalue weighted by atomic mass is 32.2. The van der Waals surface area contributed by atoms with Gasteiger partial charge in [0, 0.05) is 49.7 Å². The van der Waals surface area contributed by atoms with Crippen molar-refractivity contribution in [3.8, 4) is 11.5 Å². The standard InChI is InChI=1S/C23H28F3N7O2S/c1-14(30-36(3,34)35)21-15(2)31(10-11-32(21)17-5-6-17)20-8-9-27-22(29-20)18-12-28-19-7-4-16(13-33(18)19)23(24,25)26/h4,7-9,12-15,17,21,30H,5-6,10-11H2,1-3H3/t14-,15-,21+/m0/s1. The molecule has 5 rings (SSSR count). The number of sulfonamides is 1. The Hall–Kier alpha value is -2.77. The van der Waals surface area contributed by atoms with Gasteiger partial charge in [0.05, 0.1) is 18.0 Å². The molecule has 0 unspecified atom stereocenters. The highest BCUT2D eigenvalue weighted by molar-refractivity contribution is 7.88. The number of alkyl halides is 3. The van der Waals surface area contributed by atoms with Gasteiger partial charge in [-0.15, -0.1) is 0 Å². The minimum Gasteiger partial charge on any atom is -0.351 e. The lowest BCUT2D eigenvalue weighted by atomic mass is 9.96. The number of fused-ring (bicyclic) bond motifs is 1. The van der Waals surface area contributed by atoms with Gasteiger partial charge < -0.3 is 4.90 Å². The molecule has 3 atom stereocenters. The summed E-state index contributed by atoms with van der Waals surface area (Å²) in [7, 11) is -3.39. The second-order valence-electron chi connectivity index (χ2n) is 9.60. The second kappa shape index (κ2) is 8.96. The quantitative estimate of drug-likeness (QED) is 0.531. The molecule has 4 heterocycles. The first-order valence-corrected chi connectivity index (χ1v) is 13.7. The molecule has 9 nitrogen and oxygen atoms in total. The molecule has 0 spiro atoms. The first-order chi connectivity index (χ1) is 16.9. The van der Waals surface area contributed by atoms with E-state index in [2.05, 4.69) is 24.5 Å². The van der Waals surface area contributed by atoms with Crippen LogP contribution in [0, 0.1) is 0 Å². The number of nitrogens with one attached hydrogen (secondary N) is 1. The molecular weight excluding hydrogens is 495 g/mol. The predicted molar refractivity (Wildman–Crippen MR) is 129 cm³/mol. The Morgan fingerprint density at radius 2 is 1.89 bits per heavy atom. The predicted octanol–water partition coefficient (Wildman–Crippen LogP) is 2.79. The largest absolute Gasteiger partial charge is 0.417 e. The van der Waals surface area contributed by atoms with E-state index in [9.17, 15) is 21.6 Å². The molecule has 1 saturated carbocycles. The highest BCUT2D eigenvalue weighted by Gasteiger charge is 2.44. The maximum atomic E-state index is 13.3. The van der Waals surface area contributed by atoms with Crippen LogP contribution < -0.4 is 9.62 Å². The Morgan fingerprint density at radius 1 is 1.14 bits per heavy atom. The van der Waals surface area contributed by atoms with Crippen molar-refractivity contribution in [2.24, 2.45) is 0 Å². The monoisotopic (exact) mass is 523 g/mol. The van der Waals surface area contributed by atoms with Crippen LogP contribution in [-0.2, 0) is 16.2 Å². The molecule has 1 aliphatic carbocycles. The normalized spacial score (nSPS) is 22.8. The third kappa shape index (κ3) is 4.91. The summed E-state index contributed by atoms with van der Waals surface area (Å²) in [5.41, 5.74) is -0.0736. The fraction of sp³-hybridized carbons (Fsp3) is 0.522. The third-order valence-electron chi connectivity index (χ3n) is 6.89. The summed E-state index contributed by atoms with van der Waals surface area (Å²) in [5.74, 6) is 0.886. The molecular formula is C23H28F3N7O2S. The van der Waals surface area contributed by atoms with Gasteiger partial charge in [-0.1, -0.05) is 0 Å². The molecule has 3 aromatic rings. The van der Waals surface area contributed by atoms with Gasteiger partial charge in [0.25, 0.3) is 0 Å². The Morgan fingerprint density at radius 3 is 2.56 bits per heavy atom. The van der Waals surface area contributed by atoms with Gasteiger partial charge in [0.2, 0.25) is 10.0 Å². The molecule has 1 saturated heterocycles. The average molecular weight is 524 g/mol. The summed E-state index contributed by atoms with van der Waals surface area (Å²) >= 11 is 0.